The summed E-state index contributed by atoms with van der Waals surface area (Å²) < 4.78 is 5.68. The van der Waals surface area contributed by atoms with Gasteiger partial charge in [0.05, 0.1) is 24.1 Å². The number of para-hydroxylation sites is 1. The summed E-state index contributed by atoms with van der Waals surface area (Å²) in [6.07, 6.45) is 1.81. The fourth-order valence-electron chi connectivity index (χ4n) is 3.88. The monoisotopic (exact) mass is 457 g/mol. The maximum absolute atomic E-state index is 12.5. The average Bonchev–Trinajstić information content (AvgIpc) is 2.73. The quantitative estimate of drug-likeness (QED) is 0.621. The van der Waals surface area contributed by atoms with Crippen LogP contribution in [0.2, 0.25) is 0 Å². The van der Waals surface area contributed by atoms with Crippen molar-refractivity contribution in [3.05, 3.63) is 40.4 Å². The fraction of sp³-hybridized carbons (Fsp3) is 0.550. The van der Waals surface area contributed by atoms with E-state index in [1.807, 2.05) is 18.2 Å². The maximum Gasteiger partial charge on any atom is 0.258 e. The Morgan fingerprint density at radius 3 is 2.93 bits per heavy atom. The van der Waals surface area contributed by atoms with Crippen molar-refractivity contribution in [1.29, 1.82) is 0 Å². The van der Waals surface area contributed by atoms with Gasteiger partial charge in [0.25, 0.3) is 5.56 Å². The van der Waals surface area contributed by atoms with Gasteiger partial charge in [-0.05, 0) is 44.0 Å². The molecule has 0 bridgehead atoms. The van der Waals surface area contributed by atoms with E-state index in [0.29, 0.717) is 55.4 Å². The number of amides is 1. The van der Waals surface area contributed by atoms with Crippen LogP contribution in [0.3, 0.4) is 0 Å². The van der Waals surface area contributed by atoms with E-state index >= 15 is 0 Å². The van der Waals surface area contributed by atoms with Crippen molar-refractivity contribution in [3.8, 4) is 0 Å². The molecule has 0 radical (unpaired) electrons. The second kappa shape index (κ2) is 11.6. The van der Waals surface area contributed by atoms with Crippen molar-refractivity contribution >= 4 is 41.6 Å². The van der Waals surface area contributed by atoms with Crippen LogP contribution >= 0.6 is 24.8 Å². The molecule has 0 saturated carbocycles. The van der Waals surface area contributed by atoms with Crippen LogP contribution in [-0.2, 0) is 16.1 Å². The lowest BCUT2D eigenvalue weighted by Gasteiger charge is -2.32. The fourth-order valence-corrected chi connectivity index (χ4v) is 3.88. The first-order valence-electron chi connectivity index (χ1n) is 9.99. The van der Waals surface area contributed by atoms with E-state index in [9.17, 15) is 9.59 Å². The van der Waals surface area contributed by atoms with Crippen LogP contribution in [0.1, 0.15) is 18.7 Å². The summed E-state index contributed by atoms with van der Waals surface area (Å²) in [5.41, 5.74) is 0.550. The highest BCUT2D eigenvalue weighted by Crippen LogP contribution is 2.12. The molecule has 0 aliphatic carbocycles. The van der Waals surface area contributed by atoms with Gasteiger partial charge in [-0.3, -0.25) is 14.5 Å². The van der Waals surface area contributed by atoms with Gasteiger partial charge in [-0.15, -0.1) is 24.8 Å². The predicted octanol–water partition coefficient (Wildman–Crippen LogP) is 1.08. The number of rotatable bonds is 5. The number of hydrogen-bond donors (Lipinski definition) is 3. The molecule has 0 spiro atoms. The topological polar surface area (TPSA) is 99.4 Å². The number of nitrogens with one attached hydrogen (secondary N) is 3. The minimum Gasteiger partial charge on any atom is -0.366 e. The number of H-pyrrole nitrogens is 1. The van der Waals surface area contributed by atoms with Crippen LogP contribution in [0.5, 0.6) is 0 Å². The Bertz CT molecular complexity index is 888. The van der Waals surface area contributed by atoms with Gasteiger partial charge >= 0.3 is 0 Å². The molecule has 2 atom stereocenters. The van der Waals surface area contributed by atoms with Crippen LogP contribution in [0.25, 0.3) is 10.9 Å². The van der Waals surface area contributed by atoms with Gasteiger partial charge in [0.2, 0.25) is 5.91 Å². The summed E-state index contributed by atoms with van der Waals surface area (Å²) in [5.74, 6) is 1.04. The van der Waals surface area contributed by atoms with Crippen LogP contribution in [-0.4, -0.2) is 66.2 Å². The molecule has 30 heavy (non-hydrogen) atoms. The maximum atomic E-state index is 12.5. The predicted molar refractivity (Wildman–Crippen MR) is 120 cm³/mol. The zero-order chi connectivity index (χ0) is 19.3. The Hall–Kier alpha value is -1.71. The summed E-state index contributed by atoms with van der Waals surface area (Å²) in [6.45, 7) is 4.87. The summed E-state index contributed by atoms with van der Waals surface area (Å²) in [5, 5.41) is 6.98. The molecule has 10 heteroatoms. The number of carbonyl (C=O) groups excluding carboxylic acids is 1. The highest BCUT2D eigenvalue weighted by molar-refractivity contribution is 5.85. The number of piperidine rings is 1. The van der Waals surface area contributed by atoms with Gasteiger partial charge < -0.3 is 20.4 Å². The molecule has 2 aliphatic rings. The van der Waals surface area contributed by atoms with Crippen molar-refractivity contribution in [2.75, 3.05) is 39.3 Å². The molecule has 3 N–H and O–H groups in total. The van der Waals surface area contributed by atoms with Gasteiger partial charge in [-0.25, -0.2) is 4.98 Å². The summed E-state index contributed by atoms with van der Waals surface area (Å²) in [4.78, 5) is 34.3. The molecule has 1 aromatic carbocycles. The Morgan fingerprint density at radius 1 is 1.30 bits per heavy atom. The van der Waals surface area contributed by atoms with Crippen molar-refractivity contribution in [1.82, 2.24) is 25.5 Å². The van der Waals surface area contributed by atoms with E-state index < -0.39 is 6.10 Å². The lowest BCUT2D eigenvalue weighted by Crippen LogP contribution is -2.51. The third kappa shape index (κ3) is 6.15. The Morgan fingerprint density at radius 2 is 2.13 bits per heavy atom. The Labute approximate surface area is 188 Å². The highest BCUT2D eigenvalue weighted by Gasteiger charge is 2.27. The van der Waals surface area contributed by atoms with Crippen LogP contribution < -0.4 is 16.2 Å². The molecule has 2 saturated heterocycles. The van der Waals surface area contributed by atoms with E-state index in [2.05, 4.69) is 25.5 Å². The molecule has 166 valence electrons. The van der Waals surface area contributed by atoms with Crippen molar-refractivity contribution in [2.24, 2.45) is 5.92 Å². The standard InChI is InChI=1S/C20H27N5O3.2ClH/c26-19-15-5-1-2-6-16(15)23-18(24-19)13-25-8-9-28-17(12-25)20(27)22-11-14-4-3-7-21-10-14;;/h1-2,5-6,14,17,21H,3-4,7-13H2,(H,22,27)(H,23,24,26);2*1H. The smallest absolute Gasteiger partial charge is 0.258 e. The van der Waals surface area contributed by atoms with E-state index in [1.165, 1.54) is 0 Å². The minimum atomic E-state index is -0.488. The highest BCUT2D eigenvalue weighted by atomic mass is 35.5. The summed E-state index contributed by atoms with van der Waals surface area (Å²) in [7, 11) is 0. The van der Waals surface area contributed by atoms with Crippen LogP contribution in [0, 0.1) is 5.92 Å². The normalized spacial score (nSPS) is 22.0. The number of aromatic amines is 1. The molecular formula is C20H29Cl2N5O3. The molecule has 3 heterocycles. The number of carbonyl (C=O) groups is 1. The largest absolute Gasteiger partial charge is 0.366 e. The summed E-state index contributed by atoms with van der Waals surface area (Å²) in [6, 6.07) is 7.30. The van der Waals surface area contributed by atoms with Gasteiger partial charge in [0.1, 0.15) is 11.9 Å². The second-order valence-corrected chi connectivity index (χ2v) is 7.58. The van der Waals surface area contributed by atoms with E-state index in [0.717, 1.165) is 25.9 Å². The molecule has 2 fully saturated rings. The zero-order valence-corrected chi connectivity index (χ0v) is 18.4. The molecular weight excluding hydrogens is 429 g/mol. The number of ether oxygens (including phenoxy) is 1. The number of nitrogens with zero attached hydrogens (tertiary/aromatic N) is 2. The number of fused-ring (bicyclic) bond motifs is 1. The summed E-state index contributed by atoms with van der Waals surface area (Å²) >= 11 is 0. The van der Waals surface area contributed by atoms with Gasteiger partial charge in [0.15, 0.2) is 0 Å². The Kier molecular flexibility index (Phi) is 9.51. The lowest BCUT2D eigenvalue weighted by molar-refractivity contribution is -0.139. The number of halogens is 2. The molecule has 2 aromatic rings. The second-order valence-electron chi connectivity index (χ2n) is 7.58. The van der Waals surface area contributed by atoms with Crippen molar-refractivity contribution < 1.29 is 9.53 Å². The SMILES string of the molecule is Cl.Cl.O=C(NCC1CCCNC1)C1CN(Cc2nc3ccccc3c(=O)[nH]2)CCO1. The Balaban J connectivity index is 0.00000160. The van der Waals surface area contributed by atoms with Crippen LogP contribution in [0.15, 0.2) is 29.1 Å². The third-order valence-electron chi connectivity index (χ3n) is 5.44. The molecule has 2 aliphatic heterocycles. The molecule has 4 rings (SSSR count). The van der Waals surface area contributed by atoms with Gasteiger partial charge in [-0.2, -0.15) is 0 Å². The first kappa shape index (κ1) is 24.6. The molecule has 2 unspecified atom stereocenters. The van der Waals surface area contributed by atoms with Crippen molar-refractivity contribution in [2.45, 2.75) is 25.5 Å². The van der Waals surface area contributed by atoms with Crippen LogP contribution in [0.4, 0.5) is 0 Å². The van der Waals surface area contributed by atoms with E-state index in [1.54, 1.807) is 6.07 Å². The minimum absolute atomic E-state index is 0. The average molecular weight is 458 g/mol. The number of aromatic nitrogens is 2. The van der Waals surface area contributed by atoms with Gasteiger partial charge in [-0.1, -0.05) is 12.1 Å². The molecule has 1 aromatic heterocycles. The van der Waals surface area contributed by atoms with Gasteiger partial charge in [0, 0.05) is 19.6 Å². The number of benzene rings is 1. The van der Waals surface area contributed by atoms with E-state index in [4.69, 9.17) is 4.74 Å². The number of morpholine rings is 1. The number of hydrogen-bond acceptors (Lipinski definition) is 6. The lowest BCUT2D eigenvalue weighted by atomic mass is 10.00. The van der Waals surface area contributed by atoms with E-state index in [-0.39, 0.29) is 36.3 Å². The van der Waals surface area contributed by atoms with Crippen molar-refractivity contribution in [3.63, 3.8) is 0 Å². The first-order chi connectivity index (χ1) is 13.7. The molecule has 1 amide bonds. The first-order valence-corrected chi connectivity index (χ1v) is 9.99. The zero-order valence-electron chi connectivity index (χ0n) is 16.8. The molecule has 8 nitrogen and oxygen atoms in total. The third-order valence-corrected chi connectivity index (χ3v) is 5.44.